The zero-order valence-corrected chi connectivity index (χ0v) is 27.1. The van der Waals surface area contributed by atoms with Crippen LogP contribution in [-0.2, 0) is 22.7 Å². The molecule has 1 aromatic carbocycles. The van der Waals surface area contributed by atoms with Crippen LogP contribution in [0.5, 0.6) is 6.01 Å². The van der Waals surface area contributed by atoms with Gasteiger partial charge < -0.3 is 30.2 Å². The van der Waals surface area contributed by atoms with Crippen LogP contribution < -0.4 is 20.7 Å². The highest BCUT2D eigenvalue weighted by Gasteiger charge is 2.41. The molecule has 5 aliphatic heterocycles. The third kappa shape index (κ3) is 4.90. The number of halogens is 2. The number of nitrogens with two attached hydrogens (primary N) is 1. The number of piperazine rings is 1. The number of nitrogens with one attached hydrogen (secondary N) is 1. The van der Waals surface area contributed by atoms with Gasteiger partial charge in [-0.15, -0.1) is 11.3 Å². The molecule has 5 aliphatic rings. The van der Waals surface area contributed by atoms with Crippen LogP contribution in [0, 0.1) is 23.0 Å². The zero-order valence-electron chi connectivity index (χ0n) is 26.3. The lowest BCUT2D eigenvalue weighted by Gasteiger charge is -2.37. The molecule has 47 heavy (non-hydrogen) atoms. The molecule has 4 saturated heterocycles. The fraction of sp³-hybridized carbons (Fsp3) is 0.515. The van der Waals surface area contributed by atoms with E-state index in [9.17, 15) is 9.65 Å². The van der Waals surface area contributed by atoms with E-state index in [2.05, 4.69) is 25.1 Å². The number of aromatic nitrogens is 3. The number of nitriles is 1. The molecule has 0 radical (unpaired) electrons. The fourth-order valence-electron chi connectivity index (χ4n) is 8.24. The summed E-state index contributed by atoms with van der Waals surface area (Å²) in [5.41, 5.74) is 7.82. The number of hydrogen-bond donors (Lipinski definition) is 2. The highest BCUT2D eigenvalue weighted by molar-refractivity contribution is 7.23. The summed E-state index contributed by atoms with van der Waals surface area (Å²) in [6, 6.07) is 3.41. The predicted octanol–water partition coefficient (Wildman–Crippen LogP) is 4.49. The minimum absolute atomic E-state index is 0.0545. The van der Waals surface area contributed by atoms with Crippen LogP contribution in [0.3, 0.4) is 0 Å². The maximum absolute atomic E-state index is 16.7. The molecule has 0 saturated carbocycles. The number of pyridine rings is 1. The van der Waals surface area contributed by atoms with Crippen molar-refractivity contribution in [1.82, 2.24) is 25.2 Å². The Morgan fingerprint density at radius 3 is 2.60 bits per heavy atom. The molecule has 2 bridgehead atoms. The van der Waals surface area contributed by atoms with E-state index in [0.717, 1.165) is 55.1 Å². The van der Waals surface area contributed by atoms with E-state index in [4.69, 9.17) is 24.9 Å². The van der Waals surface area contributed by atoms with Crippen molar-refractivity contribution in [3.63, 3.8) is 0 Å². The number of nitrogens with zero attached hydrogens (tertiary/aromatic N) is 6. The van der Waals surface area contributed by atoms with Gasteiger partial charge in [0.1, 0.15) is 22.4 Å². The highest BCUT2D eigenvalue weighted by atomic mass is 32.1. The topological polar surface area (TPSA) is 135 Å². The van der Waals surface area contributed by atoms with Crippen LogP contribution in [0.2, 0.25) is 0 Å². The van der Waals surface area contributed by atoms with E-state index in [-0.39, 0.29) is 68.7 Å². The average molecular weight is 663 g/mol. The number of methoxy groups -OCH3 is 2. The molecular weight excluding hydrogens is 626 g/mol. The summed E-state index contributed by atoms with van der Waals surface area (Å²) in [5.74, 6) is -0.623. The number of thiophene rings is 1. The van der Waals surface area contributed by atoms with Gasteiger partial charge in [-0.1, -0.05) is 0 Å². The summed E-state index contributed by atoms with van der Waals surface area (Å²) >= 11 is 0.945. The maximum Gasteiger partial charge on any atom is 0.318 e. The summed E-state index contributed by atoms with van der Waals surface area (Å²) in [5, 5.41) is 14.2. The lowest BCUT2D eigenvalue weighted by Crippen LogP contribution is -2.52. The molecule has 3 N–H and O–H groups in total. The van der Waals surface area contributed by atoms with Crippen molar-refractivity contribution in [3.05, 3.63) is 34.5 Å². The normalized spacial score (nSPS) is 24.8. The first-order valence-electron chi connectivity index (χ1n) is 16.1. The number of fused-ring (bicyclic) bond motifs is 7. The average Bonchev–Trinajstić information content (AvgIpc) is 3.90. The third-order valence-electron chi connectivity index (χ3n) is 10.4. The number of hydrogen-bond acceptors (Lipinski definition) is 12. The number of nitrogen functional groups attached to an aromatic ring is 1. The minimum Gasteiger partial charge on any atom is -0.467 e. The van der Waals surface area contributed by atoms with E-state index in [1.807, 2.05) is 13.2 Å². The van der Waals surface area contributed by atoms with Gasteiger partial charge >= 0.3 is 6.01 Å². The first-order valence-corrected chi connectivity index (χ1v) is 16.9. The van der Waals surface area contributed by atoms with Crippen molar-refractivity contribution in [2.45, 2.75) is 69.5 Å². The zero-order chi connectivity index (χ0) is 32.4. The molecule has 4 aromatic rings. The molecule has 3 aromatic heterocycles. The van der Waals surface area contributed by atoms with Crippen molar-refractivity contribution in [2.24, 2.45) is 0 Å². The lowest BCUT2D eigenvalue weighted by molar-refractivity contribution is 0.108. The quantitative estimate of drug-likeness (QED) is 0.320. The Morgan fingerprint density at radius 2 is 1.87 bits per heavy atom. The van der Waals surface area contributed by atoms with E-state index in [1.165, 1.54) is 39.5 Å². The number of anilines is 2. The van der Waals surface area contributed by atoms with Crippen LogP contribution in [0.15, 0.2) is 6.20 Å². The van der Waals surface area contributed by atoms with Crippen LogP contribution >= 0.6 is 11.3 Å². The first-order chi connectivity index (χ1) is 22.9. The van der Waals surface area contributed by atoms with Gasteiger partial charge in [0.2, 0.25) is 0 Å². The molecule has 14 heteroatoms. The monoisotopic (exact) mass is 662 g/mol. The molecule has 246 valence electrons. The lowest BCUT2D eigenvalue weighted by atomic mass is 9.93. The van der Waals surface area contributed by atoms with Gasteiger partial charge in [0.05, 0.1) is 54.0 Å². The molecule has 0 aliphatic carbocycles. The first kappa shape index (κ1) is 30.6. The summed E-state index contributed by atoms with van der Waals surface area (Å²) in [4.78, 5) is 18.2. The summed E-state index contributed by atoms with van der Waals surface area (Å²) in [7, 11) is 3.28. The van der Waals surface area contributed by atoms with Crippen molar-refractivity contribution in [2.75, 3.05) is 51.0 Å². The predicted molar refractivity (Wildman–Crippen MR) is 174 cm³/mol. The Labute approximate surface area is 274 Å². The second-order valence-electron chi connectivity index (χ2n) is 12.8. The van der Waals surface area contributed by atoms with Crippen molar-refractivity contribution in [1.29, 1.82) is 5.26 Å². The standard InChI is InChI=1S/C25H21F2N7O2S.C8H15NO/c1-35-25-32-21-18(24(33-25)34-10-2-3-11(34)6-30-5-10)14-9-36-8-13(14)16(19(21)27)20-17-12(4-28)23(29)37-22(17)15(26)7-31-20;1-10-8-5-7-3-2-4-9(7)6-8/h7,10-11,30H,2-3,5-6,8-9,29H2,1H3;7-8H,2-6H2,1H3. The van der Waals surface area contributed by atoms with Crippen molar-refractivity contribution < 1.29 is 23.0 Å². The van der Waals surface area contributed by atoms with E-state index >= 15 is 4.39 Å². The molecule has 4 fully saturated rings. The van der Waals surface area contributed by atoms with Gasteiger partial charge in [-0.2, -0.15) is 15.2 Å². The second kappa shape index (κ2) is 12.1. The summed E-state index contributed by atoms with van der Waals surface area (Å²) in [6.07, 6.45) is 7.67. The summed E-state index contributed by atoms with van der Waals surface area (Å²) < 4.78 is 48.1. The SMILES string of the molecule is COC1CC2CCCN2C1.COc1nc(N2C3CCC2CNC3)c2c3c(c(-c4ncc(F)c5sc(N)c(C#N)c45)c(F)c2n1)COC3. The minimum atomic E-state index is -0.641. The smallest absolute Gasteiger partial charge is 0.318 e. The fourth-order valence-corrected chi connectivity index (χ4v) is 9.16. The largest absolute Gasteiger partial charge is 0.467 e. The second-order valence-corrected chi connectivity index (χ2v) is 13.9. The van der Waals surface area contributed by atoms with Crippen molar-refractivity contribution in [3.8, 4) is 23.3 Å². The van der Waals surface area contributed by atoms with Gasteiger partial charge in [0.15, 0.2) is 11.6 Å². The van der Waals surface area contributed by atoms with Gasteiger partial charge in [-0.3, -0.25) is 9.88 Å². The molecular formula is C33H36F2N8O3S. The van der Waals surface area contributed by atoms with Crippen LogP contribution in [0.4, 0.5) is 19.6 Å². The van der Waals surface area contributed by atoms with Gasteiger partial charge in [0.25, 0.3) is 0 Å². The molecule has 8 heterocycles. The molecule has 0 amide bonds. The Morgan fingerprint density at radius 1 is 1.09 bits per heavy atom. The number of benzene rings is 1. The number of ether oxygens (including phenoxy) is 3. The Balaban J connectivity index is 0.000000276. The van der Waals surface area contributed by atoms with E-state index in [0.29, 0.717) is 22.9 Å². The molecule has 4 unspecified atom stereocenters. The Kier molecular flexibility index (Phi) is 7.84. The van der Waals surface area contributed by atoms with E-state index in [1.54, 1.807) is 0 Å². The van der Waals surface area contributed by atoms with Crippen LogP contribution in [-0.4, -0.2) is 84.5 Å². The summed E-state index contributed by atoms with van der Waals surface area (Å²) in [6.45, 7) is 4.50. The van der Waals surface area contributed by atoms with Gasteiger partial charge in [-0.05, 0) is 49.8 Å². The maximum atomic E-state index is 16.7. The molecule has 4 atom stereocenters. The number of rotatable bonds is 4. The molecule has 9 rings (SSSR count). The van der Waals surface area contributed by atoms with Gasteiger partial charge in [0, 0.05) is 55.8 Å². The van der Waals surface area contributed by atoms with Crippen LogP contribution in [0.1, 0.15) is 48.8 Å². The molecule has 0 spiro atoms. The Bertz CT molecular complexity index is 1900. The Hall–Kier alpha value is -3.74. The van der Waals surface area contributed by atoms with Crippen molar-refractivity contribution >= 4 is 43.1 Å². The third-order valence-corrected chi connectivity index (χ3v) is 11.4. The van der Waals surface area contributed by atoms with Gasteiger partial charge in [-0.25, -0.2) is 8.78 Å². The highest BCUT2D eigenvalue weighted by Crippen LogP contribution is 2.47. The van der Waals surface area contributed by atoms with Crippen LogP contribution in [0.25, 0.3) is 32.2 Å². The van der Waals surface area contributed by atoms with E-state index < -0.39 is 11.6 Å². The molecule has 11 nitrogen and oxygen atoms in total.